The Bertz CT molecular complexity index is 1280. The molecular formula is C32H38N4O. The molecule has 5 rings (SSSR count). The first kappa shape index (κ1) is 25.2. The Morgan fingerprint density at radius 2 is 1.73 bits per heavy atom. The molecule has 1 saturated carbocycles. The van der Waals surface area contributed by atoms with E-state index in [1.807, 2.05) is 30.6 Å². The highest BCUT2D eigenvalue weighted by Crippen LogP contribution is 2.38. The van der Waals surface area contributed by atoms with E-state index in [2.05, 4.69) is 77.1 Å². The molecule has 1 unspecified atom stereocenters. The Morgan fingerprint density at radius 1 is 0.973 bits per heavy atom. The second kappa shape index (κ2) is 11.7. The van der Waals surface area contributed by atoms with Crippen molar-refractivity contribution in [2.45, 2.75) is 62.8 Å². The van der Waals surface area contributed by atoms with Crippen LogP contribution in [0.25, 0.3) is 10.9 Å². The monoisotopic (exact) mass is 494 g/mol. The van der Waals surface area contributed by atoms with Crippen molar-refractivity contribution in [1.29, 1.82) is 0 Å². The molecule has 1 aliphatic rings. The lowest BCUT2D eigenvalue weighted by molar-refractivity contribution is -0.123. The second-order valence-electron chi connectivity index (χ2n) is 10.6. The number of aromatic nitrogens is 2. The maximum absolute atomic E-state index is 13.8. The van der Waals surface area contributed by atoms with Gasteiger partial charge in [-0.3, -0.25) is 9.78 Å². The summed E-state index contributed by atoms with van der Waals surface area (Å²) in [6.07, 6.45) is 10.3. The van der Waals surface area contributed by atoms with Crippen molar-refractivity contribution in [3.63, 3.8) is 0 Å². The van der Waals surface area contributed by atoms with Gasteiger partial charge in [-0.05, 0) is 54.5 Å². The molecule has 37 heavy (non-hydrogen) atoms. The number of pyridine rings is 1. The Balaban J connectivity index is 1.33. The number of rotatable bonds is 10. The molecule has 2 atom stereocenters. The highest BCUT2D eigenvalue weighted by molar-refractivity contribution is 5.86. The van der Waals surface area contributed by atoms with Crippen molar-refractivity contribution >= 4 is 16.8 Å². The lowest BCUT2D eigenvalue weighted by Gasteiger charge is -2.37. The van der Waals surface area contributed by atoms with Crippen molar-refractivity contribution in [1.82, 2.24) is 20.6 Å². The van der Waals surface area contributed by atoms with Crippen molar-refractivity contribution in [2.24, 2.45) is 0 Å². The molecular weight excluding hydrogens is 456 g/mol. The third-order valence-corrected chi connectivity index (χ3v) is 8.07. The van der Waals surface area contributed by atoms with Crippen LogP contribution in [0, 0.1) is 0 Å². The van der Waals surface area contributed by atoms with Crippen molar-refractivity contribution in [3.8, 4) is 0 Å². The minimum absolute atomic E-state index is 0.0615. The number of carbonyl (C=O) groups is 1. The smallest absolute Gasteiger partial charge is 0.237 e. The van der Waals surface area contributed by atoms with E-state index in [1.165, 1.54) is 30.2 Å². The number of nitrogens with zero attached hydrogens (tertiary/aromatic N) is 1. The molecule has 0 spiro atoms. The predicted molar refractivity (Wildman–Crippen MR) is 151 cm³/mol. The summed E-state index contributed by atoms with van der Waals surface area (Å²) in [5.74, 6) is 0.365. The number of hydrogen-bond acceptors (Lipinski definition) is 3. The van der Waals surface area contributed by atoms with Crippen LogP contribution >= 0.6 is 0 Å². The summed E-state index contributed by atoms with van der Waals surface area (Å²) in [5.41, 5.74) is 4.56. The van der Waals surface area contributed by atoms with Gasteiger partial charge in [0.15, 0.2) is 0 Å². The molecule has 0 bridgehead atoms. The fourth-order valence-corrected chi connectivity index (χ4v) is 5.80. The van der Waals surface area contributed by atoms with E-state index < -0.39 is 0 Å². The number of hydrogen-bond donors (Lipinski definition) is 3. The molecule has 1 fully saturated rings. The van der Waals surface area contributed by atoms with Crippen molar-refractivity contribution in [3.05, 3.63) is 102 Å². The number of H-pyrrole nitrogens is 1. The molecule has 4 aromatic rings. The summed E-state index contributed by atoms with van der Waals surface area (Å²) >= 11 is 0. The van der Waals surface area contributed by atoms with Crippen LogP contribution in [-0.2, 0) is 16.6 Å². The van der Waals surface area contributed by atoms with Crippen LogP contribution in [0.4, 0.5) is 0 Å². The Kier molecular flexibility index (Phi) is 8.00. The van der Waals surface area contributed by atoms with Gasteiger partial charge in [-0.25, -0.2) is 0 Å². The fraction of sp³-hybridized carbons (Fsp3) is 0.375. The summed E-state index contributed by atoms with van der Waals surface area (Å²) in [5, 5.41) is 8.16. The molecule has 5 heteroatoms. The minimum atomic E-state index is -0.324. The SMILES string of the molecule is CC(CN[C@@H](Cc1c[nH]c2ccccc12)C(=O)NCC1(c2ccccn2)CCCCC1)c1ccccc1. The van der Waals surface area contributed by atoms with Gasteiger partial charge in [0.1, 0.15) is 0 Å². The zero-order valence-electron chi connectivity index (χ0n) is 21.7. The third kappa shape index (κ3) is 5.94. The molecule has 0 aliphatic heterocycles. The zero-order chi connectivity index (χ0) is 25.5. The van der Waals surface area contributed by atoms with E-state index in [0.29, 0.717) is 18.9 Å². The maximum atomic E-state index is 13.8. The number of para-hydroxylation sites is 1. The van der Waals surface area contributed by atoms with Crippen LogP contribution in [0.5, 0.6) is 0 Å². The number of benzene rings is 2. The fourth-order valence-electron chi connectivity index (χ4n) is 5.80. The number of aromatic amines is 1. The highest BCUT2D eigenvalue weighted by Gasteiger charge is 2.36. The molecule has 1 aliphatic carbocycles. The van der Waals surface area contributed by atoms with Gasteiger partial charge in [-0.15, -0.1) is 0 Å². The standard InChI is InChI=1S/C32H38N4O/c1-24(25-12-4-2-5-13-25)21-34-29(20-26-22-35-28-15-7-6-14-27(26)28)31(37)36-23-32(17-9-3-10-18-32)30-16-8-11-19-33-30/h2,4-8,11-16,19,22,24,29,34-35H,3,9-10,17-18,20-21,23H2,1H3,(H,36,37)/t24?,29-/m0/s1. The van der Waals surface area contributed by atoms with Crippen LogP contribution in [-0.4, -0.2) is 35.0 Å². The maximum Gasteiger partial charge on any atom is 0.237 e. The largest absolute Gasteiger partial charge is 0.361 e. The molecule has 1 amide bonds. The number of nitrogens with one attached hydrogen (secondary N) is 3. The first-order valence-electron chi connectivity index (χ1n) is 13.7. The van der Waals surface area contributed by atoms with E-state index in [4.69, 9.17) is 4.98 Å². The molecule has 2 aromatic carbocycles. The van der Waals surface area contributed by atoms with Gasteiger partial charge < -0.3 is 15.6 Å². The topological polar surface area (TPSA) is 69.8 Å². The summed E-state index contributed by atoms with van der Waals surface area (Å²) in [7, 11) is 0. The van der Waals surface area contributed by atoms with Crippen LogP contribution in [0.1, 0.15) is 61.8 Å². The molecule has 192 valence electrons. The average molecular weight is 495 g/mol. The summed E-state index contributed by atoms with van der Waals surface area (Å²) in [4.78, 5) is 21.8. The molecule has 2 aromatic heterocycles. The van der Waals surface area contributed by atoms with Gasteiger partial charge in [0.05, 0.1) is 6.04 Å². The zero-order valence-corrected chi connectivity index (χ0v) is 21.7. The van der Waals surface area contributed by atoms with Gasteiger partial charge in [-0.2, -0.15) is 0 Å². The number of carbonyl (C=O) groups excluding carboxylic acids is 1. The molecule has 0 radical (unpaired) electrons. The van der Waals surface area contributed by atoms with Crippen LogP contribution < -0.4 is 10.6 Å². The first-order chi connectivity index (χ1) is 18.1. The summed E-state index contributed by atoms with van der Waals surface area (Å²) in [6, 6.07) is 24.6. The highest BCUT2D eigenvalue weighted by atomic mass is 16.2. The van der Waals surface area contributed by atoms with Crippen LogP contribution in [0.15, 0.2) is 85.2 Å². The average Bonchev–Trinajstić information content (AvgIpc) is 3.38. The van der Waals surface area contributed by atoms with E-state index in [1.54, 1.807) is 0 Å². The number of fused-ring (bicyclic) bond motifs is 1. The Morgan fingerprint density at radius 3 is 2.51 bits per heavy atom. The Labute approximate surface area is 220 Å². The normalized spacial score (nSPS) is 16.8. The summed E-state index contributed by atoms with van der Waals surface area (Å²) in [6.45, 7) is 3.57. The van der Waals surface area contributed by atoms with Gasteiger partial charge in [0.2, 0.25) is 5.91 Å². The quantitative estimate of drug-likeness (QED) is 0.258. The van der Waals surface area contributed by atoms with Gasteiger partial charge in [-0.1, -0.05) is 80.8 Å². The molecule has 2 heterocycles. The number of amides is 1. The van der Waals surface area contributed by atoms with Gasteiger partial charge in [0, 0.05) is 47.5 Å². The Hall–Kier alpha value is -3.44. The summed E-state index contributed by atoms with van der Waals surface area (Å²) < 4.78 is 0. The van der Waals surface area contributed by atoms with E-state index >= 15 is 0 Å². The third-order valence-electron chi connectivity index (χ3n) is 8.07. The molecule has 3 N–H and O–H groups in total. The predicted octanol–water partition coefficient (Wildman–Crippen LogP) is 5.89. The van der Waals surface area contributed by atoms with E-state index in [-0.39, 0.29) is 17.4 Å². The van der Waals surface area contributed by atoms with Gasteiger partial charge in [0.25, 0.3) is 0 Å². The lowest BCUT2D eigenvalue weighted by atomic mass is 9.71. The minimum Gasteiger partial charge on any atom is -0.361 e. The van der Waals surface area contributed by atoms with E-state index in [9.17, 15) is 4.79 Å². The lowest BCUT2D eigenvalue weighted by Crippen LogP contribution is -2.51. The van der Waals surface area contributed by atoms with Crippen molar-refractivity contribution in [2.75, 3.05) is 13.1 Å². The molecule has 0 saturated heterocycles. The van der Waals surface area contributed by atoms with E-state index in [0.717, 1.165) is 36.2 Å². The van der Waals surface area contributed by atoms with Crippen molar-refractivity contribution < 1.29 is 4.79 Å². The molecule has 5 nitrogen and oxygen atoms in total. The first-order valence-corrected chi connectivity index (χ1v) is 13.7. The second-order valence-corrected chi connectivity index (χ2v) is 10.6. The van der Waals surface area contributed by atoms with Gasteiger partial charge >= 0.3 is 0 Å². The van der Waals surface area contributed by atoms with Crippen LogP contribution in [0.3, 0.4) is 0 Å². The van der Waals surface area contributed by atoms with Crippen LogP contribution in [0.2, 0.25) is 0 Å².